The Balaban J connectivity index is 1.49. The first-order valence-corrected chi connectivity index (χ1v) is 10.3. The van der Waals surface area contributed by atoms with Crippen molar-refractivity contribution in [1.29, 1.82) is 0 Å². The van der Waals surface area contributed by atoms with Crippen LogP contribution >= 0.6 is 22.6 Å². The molecular weight excluding hydrogens is 431 g/mol. The average Bonchev–Trinajstić information content (AvgIpc) is 3.24. The normalized spacial score (nSPS) is 42.6. The van der Waals surface area contributed by atoms with E-state index in [9.17, 15) is 4.79 Å². The van der Waals surface area contributed by atoms with Crippen molar-refractivity contribution in [2.24, 2.45) is 23.7 Å². The van der Waals surface area contributed by atoms with E-state index in [1.165, 1.54) is 29.9 Å². The third kappa shape index (κ3) is 2.24. The number of hydrogen-bond acceptors (Lipinski definition) is 4. The van der Waals surface area contributed by atoms with Crippen LogP contribution in [0.1, 0.15) is 36.7 Å². The summed E-state index contributed by atoms with van der Waals surface area (Å²) in [6.45, 7) is 2.18. The second-order valence-corrected chi connectivity index (χ2v) is 8.86. The molecule has 1 heterocycles. The smallest absolute Gasteiger partial charge is 0.333 e. The molecular formula is C20H21IO4. The first kappa shape index (κ1) is 16.1. The third-order valence-electron chi connectivity index (χ3n) is 6.45. The van der Waals surface area contributed by atoms with Gasteiger partial charge in [-0.3, -0.25) is 0 Å². The number of fused-ring (bicyclic) bond motifs is 4. The predicted molar refractivity (Wildman–Crippen MR) is 100 cm³/mol. The van der Waals surface area contributed by atoms with Gasteiger partial charge in [0.1, 0.15) is 6.10 Å². The second-order valence-electron chi connectivity index (χ2n) is 7.42. The fraction of sp³-hybridized carbons (Fsp3) is 0.550. The zero-order valence-electron chi connectivity index (χ0n) is 14.0. The number of ether oxygens (including phenoxy) is 3. The van der Waals surface area contributed by atoms with E-state index in [2.05, 4.69) is 46.9 Å². The zero-order chi connectivity index (χ0) is 17.1. The van der Waals surface area contributed by atoms with Gasteiger partial charge in [-0.1, -0.05) is 46.9 Å². The van der Waals surface area contributed by atoms with Gasteiger partial charge in [0.25, 0.3) is 0 Å². The van der Waals surface area contributed by atoms with E-state index in [4.69, 9.17) is 14.2 Å². The van der Waals surface area contributed by atoms with Gasteiger partial charge in [0.2, 0.25) is 0 Å². The number of rotatable bonds is 4. The van der Waals surface area contributed by atoms with Gasteiger partial charge in [0.05, 0.1) is 31.2 Å². The van der Waals surface area contributed by atoms with Gasteiger partial charge < -0.3 is 14.2 Å². The maximum atomic E-state index is 11.6. The number of alkyl halides is 1. The highest BCUT2D eigenvalue weighted by Gasteiger charge is 2.68. The quantitative estimate of drug-likeness (QED) is 0.228. The Kier molecular flexibility index (Phi) is 3.85. The van der Waals surface area contributed by atoms with Crippen LogP contribution in [0.15, 0.2) is 36.6 Å². The molecule has 1 aliphatic heterocycles. The molecule has 3 aliphatic carbocycles. The largest absolute Gasteiger partial charge is 0.493 e. The van der Waals surface area contributed by atoms with Crippen molar-refractivity contribution in [2.45, 2.75) is 35.6 Å². The SMILES string of the molecule is CCOC(=O)/C=C/O[C@@H]1c2ccccc2[C@H]2O[C@H]3[C@H](I)[C@@H]4C[C@H]3[C@H]2[C@@H]41. The third-order valence-corrected chi connectivity index (χ3v) is 8.08. The number of carbonyl (C=O) groups is 1. The molecule has 25 heavy (non-hydrogen) atoms. The molecule has 5 rings (SSSR count). The molecule has 0 radical (unpaired) electrons. The lowest BCUT2D eigenvalue weighted by Crippen LogP contribution is -2.39. The van der Waals surface area contributed by atoms with Crippen molar-refractivity contribution in [2.75, 3.05) is 6.61 Å². The molecule has 0 spiro atoms. The van der Waals surface area contributed by atoms with E-state index in [1.54, 1.807) is 6.92 Å². The molecule has 0 unspecified atom stereocenters. The summed E-state index contributed by atoms with van der Waals surface area (Å²) in [5, 5.41) is 0. The summed E-state index contributed by atoms with van der Waals surface area (Å²) in [7, 11) is 0. The number of esters is 1. The lowest BCUT2D eigenvalue weighted by atomic mass is 9.67. The molecule has 1 saturated heterocycles. The summed E-state index contributed by atoms with van der Waals surface area (Å²) < 4.78 is 18.2. The van der Waals surface area contributed by atoms with Gasteiger partial charge in [0, 0.05) is 15.8 Å². The van der Waals surface area contributed by atoms with E-state index in [-0.39, 0.29) is 18.2 Å². The van der Waals surface area contributed by atoms with Gasteiger partial charge in [-0.25, -0.2) is 4.79 Å². The monoisotopic (exact) mass is 452 g/mol. The molecule has 0 aromatic heterocycles. The highest BCUT2D eigenvalue weighted by Crippen LogP contribution is 2.70. The van der Waals surface area contributed by atoms with Crippen molar-refractivity contribution < 1.29 is 19.0 Å². The molecule has 1 aromatic carbocycles. The summed E-state index contributed by atoms with van der Waals surface area (Å²) >= 11 is 2.59. The van der Waals surface area contributed by atoms with Crippen molar-refractivity contribution >= 4 is 28.6 Å². The standard InChI is InChI=1S/C20H21IO4/c1-2-23-14(22)7-8-24-18-10-5-3-4-6-11(10)19-16-13-9-12(15(16)18)17(21)20(13)25-19/h3-8,12-13,15-20H,2,9H2,1H3/b8-7+/t12-,13+,15-,16+,17-,18-,19-,20-/m1/s1. The van der Waals surface area contributed by atoms with Gasteiger partial charge in [-0.15, -0.1) is 0 Å². The van der Waals surface area contributed by atoms with Crippen molar-refractivity contribution in [3.63, 3.8) is 0 Å². The van der Waals surface area contributed by atoms with E-state index in [1.807, 2.05) is 0 Å². The fourth-order valence-electron chi connectivity index (χ4n) is 5.71. The summed E-state index contributed by atoms with van der Waals surface area (Å²) in [6.07, 6.45) is 4.79. The molecule has 5 heteroatoms. The minimum Gasteiger partial charge on any atom is -0.493 e. The van der Waals surface area contributed by atoms with Crippen LogP contribution in [0.3, 0.4) is 0 Å². The Morgan fingerprint density at radius 3 is 2.88 bits per heavy atom. The Morgan fingerprint density at radius 1 is 1.28 bits per heavy atom. The minimum atomic E-state index is -0.353. The van der Waals surface area contributed by atoms with Crippen LogP contribution in [0.2, 0.25) is 0 Å². The van der Waals surface area contributed by atoms with Gasteiger partial charge in [-0.05, 0) is 36.3 Å². The van der Waals surface area contributed by atoms with Crippen LogP contribution < -0.4 is 0 Å². The number of carbonyl (C=O) groups excluding carboxylic acids is 1. The van der Waals surface area contributed by atoms with Crippen LogP contribution in [0, 0.1) is 23.7 Å². The Morgan fingerprint density at radius 2 is 2.08 bits per heavy atom. The lowest BCUT2D eigenvalue weighted by Gasteiger charge is -2.41. The van der Waals surface area contributed by atoms with Crippen molar-refractivity contribution in [1.82, 2.24) is 0 Å². The van der Waals surface area contributed by atoms with Crippen LogP contribution in [-0.4, -0.2) is 22.6 Å². The van der Waals surface area contributed by atoms with Crippen LogP contribution in [0.25, 0.3) is 0 Å². The molecule has 132 valence electrons. The lowest BCUT2D eigenvalue weighted by molar-refractivity contribution is -0.137. The Hall–Kier alpha value is -1.08. The molecule has 4 nitrogen and oxygen atoms in total. The van der Waals surface area contributed by atoms with Gasteiger partial charge >= 0.3 is 5.97 Å². The molecule has 8 atom stereocenters. The molecule has 0 amide bonds. The van der Waals surface area contributed by atoms with E-state index < -0.39 is 0 Å². The maximum absolute atomic E-state index is 11.6. The second kappa shape index (κ2) is 5.98. The fourth-order valence-corrected chi connectivity index (χ4v) is 7.19. The Labute approximate surface area is 161 Å². The summed E-state index contributed by atoms with van der Waals surface area (Å²) in [4.78, 5) is 11.6. The predicted octanol–water partition coefficient (Wildman–Crippen LogP) is 3.96. The first-order valence-electron chi connectivity index (χ1n) is 9.07. The number of hydrogen-bond donors (Lipinski definition) is 0. The van der Waals surface area contributed by atoms with Crippen LogP contribution in [-0.2, 0) is 19.0 Å². The van der Waals surface area contributed by atoms with E-state index >= 15 is 0 Å². The molecule has 1 aromatic rings. The van der Waals surface area contributed by atoms with E-state index in [0.717, 1.165) is 0 Å². The highest BCUT2D eigenvalue weighted by molar-refractivity contribution is 14.1. The van der Waals surface area contributed by atoms with E-state index in [0.29, 0.717) is 40.3 Å². The zero-order valence-corrected chi connectivity index (χ0v) is 16.2. The average molecular weight is 452 g/mol. The minimum absolute atomic E-state index is 0.00181. The van der Waals surface area contributed by atoms with Gasteiger partial charge in [0.15, 0.2) is 0 Å². The number of halogens is 1. The highest BCUT2D eigenvalue weighted by atomic mass is 127. The summed E-state index contributed by atoms with van der Waals surface area (Å²) in [5.41, 5.74) is 2.50. The van der Waals surface area contributed by atoms with Crippen molar-refractivity contribution in [3.05, 3.63) is 47.7 Å². The topological polar surface area (TPSA) is 44.8 Å². The molecule has 4 aliphatic rings. The molecule has 2 saturated carbocycles. The van der Waals surface area contributed by atoms with Crippen LogP contribution in [0.5, 0.6) is 0 Å². The summed E-state index contributed by atoms with van der Waals surface area (Å²) in [5.74, 6) is 1.97. The van der Waals surface area contributed by atoms with Gasteiger partial charge in [-0.2, -0.15) is 0 Å². The first-order chi connectivity index (χ1) is 12.2. The summed E-state index contributed by atoms with van der Waals surface area (Å²) in [6, 6.07) is 8.49. The number of benzene rings is 1. The molecule has 3 fully saturated rings. The maximum Gasteiger partial charge on any atom is 0.333 e. The Bertz CT molecular complexity index is 732. The van der Waals surface area contributed by atoms with Crippen LogP contribution in [0.4, 0.5) is 0 Å². The molecule has 2 bridgehead atoms. The molecule has 0 N–H and O–H groups in total. The van der Waals surface area contributed by atoms with Crippen molar-refractivity contribution in [3.8, 4) is 0 Å².